The molecule has 0 spiro atoms. The number of pyridine rings is 1. The van der Waals surface area contributed by atoms with Crippen LogP contribution in [0.5, 0.6) is 0 Å². The molecular weight excluding hydrogens is 246 g/mol. The van der Waals surface area contributed by atoms with Gasteiger partial charge in [0.05, 0.1) is 0 Å². The van der Waals surface area contributed by atoms with Gasteiger partial charge in [-0.25, -0.2) is 4.98 Å². The summed E-state index contributed by atoms with van der Waals surface area (Å²) in [6, 6.07) is 5.20. The van der Waals surface area contributed by atoms with Crippen molar-refractivity contribution in [1.29, 1.82) is 0 Å². The molecule has 2 heterocycles. The van der Waals surface area contributed by atoms with Crippen molar-refractivity contribution in [3.63, 3.8) is 0 Å². The summed E-state index contributed by atoms with van der Waals surface area (Å²) in [6.45, 7) is 5.66. The molecule has 20 heavy (non-hydrogen) atoms. The van der Waals surface area contributed by atoms with Crippen LogP contribution in [0, 0.1) is 5.92 Å². The van der Waals surface area contributed by atoms with Gasteiger partial charge in [0.15, 0.2) is 0 Å². The predicted octanol–water partition coefficient (Wildman–Crippen LogP) is 3.35. The van der Waals surface area contributed by atoms with E-state index >= 15 is 0 Å². The third-order valence-electron chi connectivity index (χ3n) is 4.73. The largest absolute Gasteiger partial charge is 0.357 e. The predicted molar refractivity (Wildman–Crippen MR) is 83.9 cm³/mol. The van der Waals surface area contributed by atoms with Gasteiger partial charge in [-0.2, -0.15) is 0 Å². The van der Waals surface area contributed by atoms with Crippen LogP contribution < -0.4 is 10.2 Å². The van der Waals surface area contributed by atoms with E-state index < -0.39 is 0 Å². The van der Waals surface area contributed by atoms with Crippen molar-refractivity contribution in [3.05, 3.63) is 23.9 Å². The molecule has 1 aromatic rings. The molecule has 2 aliphatic rings. The van der Waals surface area contributed by atoms with Gasteiger partial charge in [0, 0.05) is 31.9 Å². The average molecular weight is 273 g/mol. The minimum absolute atomic E-state index is 0.773. The Morgan fingerprint density at radius 2 is 2.15 bits per heavy atom. The van der Waals surface area contributed by atoms with Crippen molar-refractivity contribution < 1.29 is 0 Å². The van der Waals surface area contributed by atoms with Crippen LogP contribution >= 0.6 is 0 Å². The van der Waals surface area contributed by atoms with Gasteiger partial charge in [0.25, 0.3) is 0 Å². The number of rotatable bonds is 5. The first-order valence-electron chi connectivity index (χ1n) is 8.28. The molecule has 0 bridgehead atoms. The summed E-state index contributed by atoms with van der Waals surface area (Å²) in [5.41, 5.74) is 1.37. The lowest BCUT2D eigenvalue weighted by molar-refractivity contribution is 0.459. The van der Waals surface area contributed by atoms with E-state index in [-0.39, 0.29) is 0 Å². The molecule has 1 aliphatic heterocycles. The Labute approximate surface area is 122 Å². The van der Waals surface area contributed by atoms with Crippen LogP contribution in [-0.2, 0) is 6.54 Å². The van der Waals surface area contributed by atoms with Crippen molar-refractivity contribution in [2.75, 3.05) is 18.0 Å². The molecular formula is C17H27N3. The number of anilines is 1. The maximum Gasteiger partial charge on any atom is 0.128 e. The smallest absolute Gasteiger partial charge is 0.128 e. The topological polar surface area (TPSA) is 28.2 Å². The molecule has 3 heteroatoms. The number of nitrogens with one attached hydrogen (secondary N) is 1. The molecule has 1 atom stereocenters. The molecule has 0 aromatic carbocycles. The highest BCUT2D eigenvalue weighted by molar-refractivity contribution is 5.41. The Balaban J connectivity index is 1.61. The fourth-order valence-electron chi connectivity index (χ4n) is 3.10. The summed E-state index contributed by atoms with van der Waals surface area (Å²) in [5.74, 6) is 2.09. The van der Waals surface area contributed by atoms with Gasteiger partial charge in [-0.3, -0.25) is 0 Å². The molecule has 1 saturated heterocycles. The highest BCUT2D eigenvalue weighted by Crippen LogP contribution is 2.24. The third kappa shape index (κ3) is 3.72. The lowest BCUT2D eigenvalue weighted by Crippen LogP contribution is -2.25. The average Bonchev–Trinajstić information content (AvgIpc) is 3.32. The standard InChI is InChI=1S/C17H27N3/c1-2-14-4-3-10-20(11-8-14)17-12-15(7-9-18-17)13-19-16-5-6-16/h7,9,12,14,16,19H,2-6,8,10-11,13H2,1H3. The molecule has 110 valence electrons. The molecule has 1 N–H and O–H groups in total. The minimum Gasteiger partial charge on any atom is -0.357 e. The first-order valence-corrected chi connectivity index (χ1v) is 8.28. The van der Waals surface area contributed by atoms with Gasteiger partial charge in [0.1, 0.15) is 5.82 Å². The summed E-state index contributed by atoms with van der Waals surface area (Å²) in [6.07, 6.45) is 10.0. The summed E-state index contributed by atoms with van der Waals surface area (Å²) in [5, 5.41) is 3.59. The van der Waals surface area contributed by atoms with E-state index in [1.54, 1.807) is 0 Å². The minimum atomic E-state index is 0.773. The monoisotopic (exact) mass is 273 g/mol. The molecule has 0 radical (unpaired) electrons. The van der Waals surface area contributed by atoms with Crippen molar-refractivity contribution in [1.82, 2.24) is 10.3 Å². The van der Waals surface area contributed by atoms with Gasteiger partial charge in [-0.15, -0.1) is 0 Å². The zero-order valence-corrected chi connectivity index (χ0v) is 12.6. The van der Waals surface area contributed by atoms with E-state index in [9.17, 15) is 0 Å². The maximum absolute atomic E-state index is 4.60. The zero-order valence-electron chi connectivity index (χ0n) is 12.6. The molecule has 1 aliphatic carbocycles. The van der Waals surface area contributed by atoms with Gasteiger partial charge < -0.3 is 10.2 Å². The Bertz CT molecular complexity index is 428. The third-order valence-corrected chi connectivity index (χ3v) is 4.73. The highest BCUT2D eigenvalue weighted by atomic mass is 15.2. The zero-order chi connectivity index (χ0) is 13.8. The quantitative estimate of drug-likeness (QED) is 0.891. The second-order valence-corrected chi connectivity index (χ2v) is 6.37. The highest BCUT2D eigenvalue weighted by Gasteiger charge is 2.20. The van der Waals surface area contributed by atoms with Crippen LogP contribution in [0.15, 0.2) is 18.3 Å². The molecule has 2 fully saturated rings. The summed E-state index contributed by atoms with van der Waals surface area (Å²) in [7, 11) is 0. The van der Waals surface area contributed by atoms with Crippen LogP contribution in [0.1, 0.15) is 51.0 Å². The van der Waals surface area contributed by atoms with Crippen molar-refractivity contribution >= 4 is 5.82 Å². The SMILES string of the molecule is CCC1CCCN(c2cc(CNC3CC3)ccn2)CC1. The lowest BCUT2D eigenvalue weighted by atomic mass is 9.98. The molecule has 3 rings (SSSR count). The summed E-state index contributed by atoms with van der Waals surface area (Å²) < 4.78 is 0. The van der Waals surface area contributed by atoms with Crippen LogP contribution in [0.3, 0.4) is 0 Å². The van der Waals surface area contributed by atoms with Crippen molar-refractivity contribution in [2.45, 2.75) is 58.0 Å². The van der Waals surface area contributed by atoms with E-state index in [2.05, 4.69) is 34.3 Å². The molecule has 1 unspecified atom stereocenters. The number of aromatic nitrogens is 1. The van der Waals surface area contributed by atoms with Crippen LogP contribution in [0.4, 0.5) is 5.82 Å². The molecule has 1 saturated carbocycles. The first-order chi connectivity index (χ1) is 9.85. The van der Waals surface area contributed by atoms with E-state index in [0.29, 0.717) is 0 Å². The Hall–Kier alpha value is -1.09. The second kappa shape index (κ2) is 6.57. The van der Waals surface area contributed by atoms with Crippen molar-refractivity contribution in [3.8, 4) is 0 Å². The Morgan fingerprint density at radius 1 is 1.25 bits per heavy atom. The van der Waals surface area contributed by atoms with Gasteiger partial charge in [-0.05, 0) is 55.7 Å². The van der Waals surface area contributed by atoms with E-state index in [1.807, 2.05) is 6.20 Å². The number of nitrogens with zero attached hydrogens (tertiary/aromatic N) is 2. The van der Waals surface area contributed by atoms with E-state index in [1.165, 1.54) is 63.0 Å². The van der Waals surface area contributed by atoms with E-state index in [0.717, 1.165) is 18.5 Å². The Kier molecular flexibility index (Phi) is 4.56. The normalized spacial score (nSPS) is 23.6. The van der Waals surface area contributed by atoms with E-state index in [4.69, 9.17) is 0 Å². The number of hydrogen-bond donors (Lipinski definition) is 1. The van der Waals surface area contributed by atoms with Gasteiger partial charge >= 0.3 is 0 Å². The van der Waals surface area contributed by atoms with Gasteiger partial charge in [-0.1, -0.05) is 13.3 Å². The maximum atomic E-state index is 4.60. The second-order valence-electron chi connectivity index (χ2n) is 6.37. The van der Waals surface area contributed by atoms with Crippen molar-refractivity contribution in [2.24, 2.45) is 5.92 Å². The molecule has 3 nitrogen and oxygen atoms in total. The van der Waals surface area contributed by atoms with Gasteiger partial charge in [0.2, 0.25) is 0 Å². The fourth-order valence-corrected chi connectivity index (χ4v) is 3.10. The van der Waals surface area contributed by atoms with Crippen LogP contribution in [-0.4, -0.2) is 24.1 Å². The summed E-state index contributed by atoms with van der Waals surface area (Å²) in [4.78, 5) is 7.08. The Morgan fingerprint density at radius 3 is 2.95 bits per heavy atom. The molecule has 0 amide bonds. The number of hydrogen-bond acceptors (Lipinski definition) is 3. The van der Waals surface area contributed by atoms with Crippen LogP contribution in [0.2, 0.25) is 0 Å². The fraction of sp³-hybridized carbons (Fsp3) is 0.706. The molecule has 1 aromatic heterocycles. The summed E-state index contributed by atoms with van der Waals surface area (Å²) >= 11 is 0. The lowest BCUT2D eigenvalue weighted by Gasteiger charge is -2.22. The first kappa shape index (κ1) is 13.9. The van der Waals surface area contributed by atoms with Crippen LogP contribution in [0.25, 0.3) is 0 Å².